The van der Waals surface area contributed by atoms with Crippen LogP contribution in [-0.2, 0) is 24.5 Å². The predicted octanol–water partition coefficient (Wildman–Crippen LogP) is 3.82. The van der Waals surface area contributed by atoms with E-state index in [1.165, 1.54) is 17.0 Å². The number of nitrogens with one attached hydrogen (secondary N) is 3. The summed E-state index contributed by atoms with van der Waals surface area (Å²) in [6, 6.07) is 1.32. The lowest BCUT2D eigenvalue weighted by molar-refractivity contribution is -0.383. The molecule has 19 heteroatoms. The molecule has 6 N–H and O–H groups in total. The lowest BCUT2D eigenvalue weighted by Crippen LogP contribution is -2.58. The largest absolute Gasteiger partial charge is 0.393 e. The number of carbonyl (C=O) groups is 3. The molecule has 1 aromatic heterocycles. The lowest BCUT2D eigenvalue weighted by atomic mass is 9.43. The fraction of sp³-hybridized carbons (Fsp3) is 0.780. The highest BCUT2D eigenvalue weighted by atomic mass is 32.2. The van der Waals surface area contributed by atoms with Crippen LogP contribution in [0, 0.1) is 56.5 Å². The first-order valence-corrected chi connectivity index (χ1v) is 23.3. The minimum Gasteiger partial charge on any atom is -0.393 e. The van der Waals surface area contributed by atoms with Crippen LogP contribution in [0.4, 0.5) is 11.4 Å². The van der Waals surface area contributed by atoms with Gasteiger partial charge in [-0.05, 0) is 133 Å². The lowest BCUT2D eigenvalue weighted by Gasteiger charge is -2.62. The Balaban J connectivity index is 0.941. The monoisotopic (exact) mass is 859 g/mol. The molecule has 3 amide bonds. The van der Waals surface area contributed by atoms with E-state index in [0.717, 1.165) is 51.4 Å². The molecular formula is C41H61N7O11S. The van der Waals surface area contributed by atoms with Crippen LogP contribution in [0.1, 0.15) is 104 Å². The topological polar surface area (TPSA) is 267 Å². The van der Waals surface area contributed by atoms with Crippen molar-refractivity contribution in [2.45, 2.75) is 129 Å². The number of fused-ring (bicyclic) bond motifs is 6. The smallest absolute Gasteiger partial charge is 0.300 e. The van der Waals surface area contributed by atoms with E-state index < -0.39 is 38.8 Å². The van der Waals surface area contributed by atoms with Crippen LogP contribution >= 0.6 is 0 Å². The first kappa shape index (κ1) is 44.1. The third-order valence-electron chi connectivity index (χ3n) is 15.7. The Labute approximate surface area is 350 Å². The number of nitro groups is 1. The van der Waals surface area contributed by atoms with Crippen molar-refractivity contribution in [1.82, 2.24) is 25.8 Å². The molecule has 7 rings (SSSR count). The van der Waals surface area contributed by atoms with Crippen molar-refractivity contribution >= 4 is 50.2 Å². The van der Waals surface area contributed by atoms with Gasteiger partial charge in [0.2, 0.25) is 23.2 Å². The van der Waals surface area contributed by atoms with Crippen LogP contribution in [0.3, 0.4) is 0 Å². The first-order chi connectivity index (χ1) is 28.4. The number of rotatable bonds is 15. The van der Waals surface area contributed by atoms with Gasteiger partial charge in [0.15, 0.2) is 5.52 Å². The number of non-ortho nitro benzene ring substituents is 1. The number of benzene rings is 1. The normalized spacial score (nSPS) is 34.3. The Bertz CT molecular complexity index is 2050. The molecule has 0 radical (unpaired) electrons. The van der Waals surface area contributed by atoms with Gasteiger partial charge in [-0.2, -0.15) is 8.42 Å². The van der Waals surface area contributed by atoms with Gasteiger partial charge in [0, 0.05) is 44.6 Å². The molecule has 4 saturated carbocycles. The number of likely N-dealkylation sites (tertiary alicyclic amines) is 1. The minimum absolute atomic E-state index is 0.00714. The van der Waals surface area contributed by atoms with Crippen LogP contribution in [0.15, 0.2) is 16.8 Å². The van der Waals surface area contributed by atoms with Gasteiger partial charge in [-0.15, -0.1) is 0 Å². The van der Waals surface area contributed by atoms with Gasteiger partial charge in [0.25, 0.3) is 10.1 Å². The molecular weight excluding hydrogens is 799 g/mol. The standard InChI is InChI=1S/C41H61N7O11S/c1-23(27-7-8-28-36-29(13-15-41(27,28)3)40(2)14-12-26(49)19-24(40)20-33(36)50)6-11-35(52)47-22-25(21-32(47)39(53)43-17-18-60(56,57)58)44-34(51)5-4-16-42-30-9-10-31(48(54)55)38-37(30)45-59-46-38/h9-10,23-29,32-33,36,42,49-50H,4-8,11-22H2,1-3H3,(H,43,53)(H,44,51)(H,56,57,58)/t23-,24?,25+,26-,27-,28?,29?,32+,33+,36?,40+,41-/m1/s1. The van der Waals surface area contributed by atoms with Crippen LogP contribution in [0.25, 0.3) is 11.0 Å². The van der Waals surface area contributed by atoms with E-state index >= 15 is 0 Å². The summed E-state index contributed by atoms with van der Waals surface area (Å²) in [6.45, 7) is 7.12. The molecule has 12 atom stereocenters. The quantitative estimate of drug-likeness (QED) is 0.0644. The zero-order chi connectivity index (χ0) is 43.1. The molecule has 2 heterocycles. The molecule has 0 bridgehead atoms. The fourth-order valence-electron chi connectivity index (χ4n) is 12.7. The number of nitrogens with zero attached hydrogens (tertiary/aromatic N) is 4. The number of nitro benzene ring substituents is 1. The van der Waals surface area contributed by atoms with Crippen molar-refractivity contribution in [3.05, 3.63) is 22.2 Å². The average Bonchev–Trinajstić information content (AvgIpc) is 3.93. The van der Waals surface area contributed by atoms with Crippen LogP contribution in [-0.4, -0.2) is 111 Å². The Morgan fingerprint density at radius 3 is 2.48 bits per heavy atom. The molecule has 60 heavy (non-hydrogen) atoms. The number of hydrogen-bond donors (Lipinski definition) is 6. The summed E-state index contributed by atoms with van der Waals surface area (Å²) in [5.74, 6) is 0.274. The number of aliphatic hydroxyl groups is 2. The molecule has 0 spiro atoms. The van der Waals surface area contributed by atoms with Crippen LogP contribution < -0.4 is 16.0 Å². The van der Waals surface area contributed by atoms with Gasteiger partial charge in [-0.1, -0.05) is 20.8 Å². The van der Waals surface area contributed by atoms with Crippen molar-refractivity contribution in [2.24, 2.45) is 46.3 Å². The van der Waals surface area contributed by atoms with E-state index in [-0.39, 0.29) is 95.8 Å². The molecule has 4 unspecified atom stereocenters. The van der Waals surface area contributed by atoms with Gasteiger partial charge in [-0.25, -0.2) is 4.63 Å². The maximum absolute atomic E-state index is 14.0. The third-order valence-corrected chi connectivity index (χ3v) is 16.4. The van der Waals surface area contributed by atoms with Gasteiger partial charge in [0.05, 0.1) is 28.6 Å². The summed E-state index contributed by atoms with van der Waals surface area (Å²) in [6.07, 6.45) is 8.40. The maximum Gasteiger partial charge on any atom is 0.300 e. The van der Waals surface area contributed by atoms with Crippen molar-refractivity contribution in [3.8, 4) is 0 Å². The Morgan fingerprint density at radius 1 is 1.00 bits per heavy atom. The first-order valence-electron chi connectivity index (χ1n) is 21.7. The predicted molar refractivity (Wildman–Crippen MR) is 219 cm³/mol. The number of aromatic nitrogens is 2. The number of carbonyl (C=O) groups excluding carboxylic acids is 3. The van der Waals surface area contributed by atoms with E-state index in [9.17, 15) is 47.7 Å². The van der Waals surface area contributed by atoms with Crippen molar-refractivity contribution < 1.29 is 47.1 Å². The van der Waals surface area contributed by atoms with Gasteiger partial charge < -0.3 is 31.1 Å². The second-order valence-electron chi connectivity index (χ2n) is 19.0. The summed E-state index contributed by atoms with van der Waals surface area (Å²) in [5, 5.41) is 49.4. The molecule has 4 aliphatic carbocycles. The Morgan fingerprint density at radius 2 is 1.73 bits per heavy atom. The zero-order valence-corrected chi connectivity index (χ0v) is 35.6. The molecule has 332 valence electrons. The van der Waals surface area contributed by atoms with Crippen molar-refractivity contribution in [3.63, 3.8) is 0 Å². The number of aliphatic hydroxyl groups excluding tert-OH is 2. The van der Waals surface area contributed by atoms with Gasteiger partial charge >= 0.3 is 5.69 Å². The molecule has 1 aromatic carbocycles. The van der Waals surface area contributed by atoms with Crippen molar-refractivity contribution in [2.75, 3.05) is 30.7 Å². The molecule has 1 aliphatic heterocycles. The van der Waals surface area contributed by atoms with Crippen LogP contribution in [0.2, 0.25) is 0 Å². The van der Waals surface area contributed by atoms with E-state index in [0.29, 0.717) is 48.7 Å². The van der Waals surface area contributed by atoms with Gasteiger partial charge in [0.1, 0.15) is 6.04 Å². The summed E-state index contributed by atoms with van der Waals surface area (Å²) < 4.78 is 36.5. The van der Waals surface area contributed by atoms with E-state index in [1.54, 1.807) is 0 Å². The fourth-order valence-corrected chi connectivity index (χ4v) is 13.0. The highest BCUT2D eigenvalue weighted by Gasteiger charge is 2.63. The Hall–Kier alpha value is -3.94. The minimum atomic E-state index is -4.32. The number of hydrogen-bond acceptors (Lipinski definition) is 13. The second kappa shape index (κ2) is 17.4. The molecule has 1 saturated heterocycles. The zero-order valence-electron chi connectivity index (χ0n) is 34.8. The van der Waals surface area contributed by atoms with E-state index in [2.05, 4.69) is 47.0 Å². The van der Waals surface area contributed by atoms with Crippen LogP contribution in [0.5, 0.6) is 0 Å². The van der Waals surface area contributed by atoms with Gasteiger partial charge in [-0.3, -0.25) is 29.1 Å². The van der Waals surface area contributed by atoms with E-state index in [1.807, 2.05) is 0 Å². The Kier molecular flexibility index (Phi) is 12.8. The summed E-state index contributed by atoms with van der Waals surface area (Å²) in [7, 11) is -4.32. The molecule has 5 aliphatic rings. The molecule has 18 nitrogen and oxygen atoms in total. The second-order valence-corrected chi connectivity index (χ2v) is 20.6. The summed E-state index contributed by atoms with van der Waals surface area (Å²) in [5.41, 5.74) is 0.606. The van der Waals surface area contributed by atoms with Crippen molar-refractivity contribution in [1.29, 1.82) is 0 Å². The number of anilines is 1. The SMILES string of the molecule is C[C@H](CCC(=O)N1C[C@@H](NC(=O)CCCNc2ccc([N+](=O)[O-])c3nonc23)C[C@H]1C(=O)NCCS(=O)(=O)O)[C@H]1CCC2C3C(CC[C@@]21C)[C@@]1(C)CC[C@@H](O)CC1C[C@@H]3O. The molecule has 2 aromatic rings. The van der Waals surface area contributed by atoms with E-state index in [4.69, 9.17) is 4.63 Å². The molecule has 5 fully saturated rings. The highest BCUT2D eigenvalue weighted by molar-refractivity contribution is 7.85. The maximum atomic E-state index is 14.0. The summed E-state index contributed by atoms with van der Waals surface area (Å²) in [4.78, 5) is 52.6. The third kappa shape index (κ3) is 8.86. The number of amides is 3. The average molecular weight is 860 g/mol. The highest BCUT2D eigenvalue weighted by Crippen LogP contribution is 2.68. The summed E-state index contributed by atoms with van der Waals surface area (Å²) >= 11 is 0.